The summed E-state index contributed by atoms with van der Waals surface area (Å²) >= 11 is 6.37. The molecule has 1 fully saturated rings. The Kier molecular flexibility index (Phi) is 6.02. The summed E-state index contributed by atoms with van der Waals surface area (Å²) in [7, 11) is 0. The van der Waals surface area contributed by atoms with Gasteiger partial charge in [-0.05, 0) is 68.0 Å². The molecule has 2 N–H and O–H groups in total. The van der Waals surface area contributed by atoms with Gasteiger partial charge in [-0.3, -0.25) is 9.78 Å². The third-order valence-electron chi connectivity index (χ3n) is 4.86. The topological polar surface area (TPSA) is 71.5 Å². The van der Waals surface area contributed by atoms with Crippen LogP contribution in [0.2, 0.25) is 5.02 Å². The zero-order valence-electron chi connectivity index (χ0n) is 15.8. The number of nitrogens with zero attached hydrogens (tertiary/aromatic N) is 1. The molecule has 2 unspecified atom stereocenters. The first kappa shape index (κ1) is 19.6. The molecular formula is C21H25ClN2O3. The number of hydrogen-bond acceptors (Lipinski definition) is 4. The molecule has 0 amide bonds. The highest BCUT2D eigenvalue weighted by atomic mass is 35.5. The summed E-state index contributed by atoms with van der Waals surface area (Å²) in [5.74, 6) is 0.0317. The van der Waals surface area contributed by atoms with E-state index in [9.17, 15) is 9.90 Å². The van der Waals surface area contributed by atoms with Gasteiger partial charge in [0, 0.05) is 18.3 Å². The Morgan fingerprint density at radius 2 is 2.19 bits per heavy atom. The van der Waals surface area contributed by atoms with Gasteiger partial charge in [-0.25, -0.2) is 0 Å². The fourth-order valence-electron chi connectivity index (χ4n) is 3.50. The molecule has 27 heavy (non-hydrogen) atoms. The molecule has 1 aliphatic rings. The molecule has 6 heteroatoms. The maximum absolute atomic E-state index is 11.3. The smallest absolute Gasteiger partial charge is 0.320 e. The van der Waals surface area contributed by atoms with E-state index in [4.69, 9.17) is 16.3 Å². The van der Waals surface area contributed by atoms with Crippen LogP contribution in [0.4, 0.5) is 0 Å². The molecule has 1 aromatic heterocycles. The van der Waals surface area contributed by atoms with Crippen LogP contribution in [0.5, 0.6) is 5.75 Å². The molecule has 5 nitrogen and oxygen atoms in total. The summed E-state index contributed by atoms with van der Waals surface area (Å²) in [6.07, 6.45) is 3.40. The number of ether oxygens (including phenoxy) is 1. The van der Waals surface area contributed by atoms with Crippen LogP contribution in [-0.4, -0.2) is 34.8 Å². The van der Waals surface area contributed by atoms with Crippen molar-refractivity contribution in [2.75, 3.05) is 6.54 Å². The van der Waals surface area contributed by atoms with Crippen molar-refractivity contribution >= 4 is 17.6 Å². The molecule has 3 rings (SSSR count). The fraction of sp³-hybridized carbons (Fsp3) is 0.429. The van der Waals surface area contributed by atoms with Gasteiger partial charge in [0.25, 0.3) is 0 Å². The number of carboxylic acid groups (broad SMARTS) is 1. The third-order valence-corrected chi connectivity index (χ3v) is 5.16. The summed E-state index contributed by atoms with van der Waals surface area (Å²) in [5, 5.41) is 12.9. The molecule has 0 saturated carbocycles. The van der Waals surface area contributed by atoms with Crippen LogP contribution >= 0.6 is 11.6 Å². The quantitative estimate of drug-likeness (QED) is 0.772. The minimum atomic E-state index is -0.794. The fourth-order valence-corrected chi connectivity index (χ4v) is 3.73. The summed E-state index contributed by atoms with van der Waals surface area (Å²) in [6, 6.07) is 7.27. The number of rotatable bonds is 6. The molecule has 0 aliphatic carbocycles. The average molecular weight is 389 g/mol. The Labute approximate surface area is 164 Å². The summed E-state index contributed by atoms with van der Waals surface area (Å²) < 4.78 is 5.70. The lowest BCUT2D eigenvalue weighted by Crippen LogP contribution is -2.29. The van der Waals surface area contributed by atoms with Gasteiger partial charge in [-0.2, -0.15) is 0 Å². The predicted octanol–water partition coefficient (Wildman–Crippen LogP) is 4.28. The van der Waals surface area contributed by atoms with Crippen molar-refractivity contribution in [3.05, 3.63) is 46.6 Å². The van der Waals surface area contributed by atoms with Gasteiger partial charge in [0.15, 0.2) is 0 Å². The normalized spacial score (nSPS) is 19.4. The van der Waals surface area contributed by atoms with Crippen LogP contribution in [0.15, 0.2) is 30.5 Å². The lowest BCUT2D eigenvalue weighted by molar-refractivity contribution is -0.139. The van der Waals surface area contributed by atoms with Gasteiger partial charge in [0.05, 0.1) is 16.8 Å². The number of nitrogens with one attached hydrogen (secondary N) is 1. The number of hydrogen-bond donors (Lipinski definition) is 2. The van der Waals surface area contributed by atoms with Crippen LogP contribution in [0.25, 0.3) is 11.3 Å². The molecule has 2 aromatic rings. The Bertz CT molecular complexity index is 838. The minimum Gasteiger partial charge on any atom is -0.489 e. The monoisotopic (exact) mass is 388 g/mol. The van der Waals surface area contributed by atoms with E-state index >= 15 is 0 Å². The van der Waals surface area contributed by atoms with E-state index in [1.165, 1.54) is 0 Å². The molecule has 2 heterocycles. The van der Waals surface area contributed by atoms with Crippen LogP contribution in [0.1, 0.15) is 44.2 Å². The summed E-state index contributed by atoms with van der Waals surface area (Å²) in [6.45, 7) is 6.67. The number of pyridine rings is 1. The molecule has 1 aromatic carbocycles. The zero-order valence-corrected chi connectivity index (χ0v) is 16.6. The maximum atomic E-state index is 11.3. The minimum absolute atomic E-state index is 0.0546. The lowest BCUT2D eigenvalue weighted by atomic mass is 9.91. The van der Waals surface area contributed by atoms with Crippen molar-refractivity contribution in [3.63, 3.8) is 0 Å². The van der Waals surface area contributed by atoms with E-state index in [-0.39, 0.29) is 12.0 Å². The number of carboxylic acids is 1. The number of aliphatic carboxylic acids is 1. The maximum Gasteiger partial charge on any atom is 0.320 e. The van der Waals surface area contributed by atoms with Crippen molar-refractivity contribution in [1.82, 2.24) is 10.3 Å². The van der Waals surface area contributed by atoms with Gasteiger partial charge >= 0.3 is 5.97 Å². The first-order chi connectivity index (χ1) is 12.9. The highest BCUT2D eigenvalue weighted by Crippen LogP contribution is 2.34. The van der Waals surface area contributed by atoms with Gasteiger partial charge < -0.3 is 15.2 Å². The van der Waals surface area contributed by atoms with Crippen LogP contribution in [0, 0.1) is 0 Å². The van der Waals surface area contributed by atoms with Gasteiger partial charge in [-0.1, -0.05) is 18.5 Å². The zero-order chi connectivity index (χ0) is 19.6. The van der Waals surface area contributed by atoms with E-state index in [0.717, 1.165) is 28.8 Å². The third kappa shape index (κ3) is 4.42. The molecule has 144 valence electrons. The molecule has 0 radical (unpaired) electrons. The molecule has 0 spiro atoms. The van der Waals surface area contributed by atoms with Crippen LogP contribution in [-0.2, 0) is 11.2 Å². The molecular weight excluding hydrogens is 364 g/mol. The molecule has 1 saturated heterocycles. The second kappa shape index (κ2) is 8.28. The molecule has 0 bridgehead atoms. The van der Waals surface area contributed by atoms with E-state index in [1.54, 1.807) is 0 Å². The molecule has 2 atom stereocenters. The average Bonchev–Trinajstić information content (AvgIpc) is 3.13. The first-order valence-corrected chi connectivity index (χ1v) is 9.68. The Morgan fingerprint density at radius 1 is 1.41 bits per heavy atom. The van der Waals surface area contributed by atoms with Gasteiger partial charge in [0.1, 0.15) is 11.8 Å². The Morgan fingerprint density at radius 3 is 2.78 bits per heavy atom. The van der Waals surface area contributed by atoms with E-state index < -0.39 is 12.0 Å². The standard InChI is InChI=1S/C21H25ClN2O3/c1-4-13-10-23-18(9-16(13)15-8-19(21(25)26)24-11-15)14-5-6-20(17(22)7-14)27-12(2)3/h5-7,9-10,12,15,19,24H,4,8,11H2,1-3H3,(H,25,26). The van der Waals surface area contributed by atoms with Crippen molar-refractivity contribution in [1.29, 1.82) is 0 Å². The predicted molar refractivity (Wildman–Crippen MR) is 107 cm³/mol. The van der Waals surface area contributed by atoms with Gasteiger partial charge in [0.2, 0.25) is 0 Å². The SMILES string of the molecule is CCc1cnc(-c2ccc(OC(C)C)c(Cl)c2)cc1C1CNC(C(=O)O)C1. The van der Waals surface area contributed by atoms with E-state index in [2.05, 4.69) is 23.3 Å². The van der Waals surface area contributed by atoms with Crippen LogP contribution < -0.4 is 10.1 Å². The second-order valence-electron chi connectivity index (χ2n) is 7.17. The van der Waals surface area contributed by atoms with Crippen molar-refractivity contribution < 1.29 is 14.6 Å². The van der Waals surface area contributed by atoms with Crippen LogP contribution in [0.3, 0.4) is 0 Å². The number of benzene rings is 1. The first-order valence-electron chi connectivity index (χ1n) is 9.30. The Hall–Kier alpha value is -2.11. The Balaban J connectivity index is 1.91. The molecule has 1 aliphatic heterocycles. The second-order valence-corrected chi connectivity index (χ2v) is 7.57. The number of halogens is 1. The van der Waals surface area contributed by atoms with Crippen molar-refractivity contribution in [2.24, 2.45) is 0 Å². The van der Waals surface area contributed by atoms with Crippen molar-refractivity contribution in [3.8, 4) is 17.0 Å². The summed E-state index contributed by atoms with van der Waals surface area (Å²) in [5.41, 5.74) is 4.07. The lowest BCUT2D eigenvalue weighted by Gasteiger charge is -2.16. The van der Waals surface area contributed by atoms with E-state index in [1.807, 2.05) is 38.2 Å². The largest absolute Gasteiger partial charge is 0.489 e. The van der Waals surface area contributed by atoms with Crippen molar-refractivity contribution in [2.45, 2.75) is 51.7 Å². The number of aryl methyl sites for hydroxylation is 1. The van der Waals surface area contributed by atoms with Gasteiger partial charge in [-0.15, -0.1) is 0 Å². The highest BCUT2D eigenvalue weighted by Gasteiger charge is 2.31. The number of carbonyl (C=O) groups is 1. The summed E-state index contributed by atoms with van der Waals surface area (Å²) in [4.78, 5) is 15.9. The number of aromatic nitrogens is 1. The van der Waals surface area contributed by atoms with E-state index in [0.29, 0.717) is 23.7 Å². The highest BCUT2D eigenvalue weighted by molar-refractivity contribution is 6.32.